The van der Waals surface area contributed by atoms with Crippen LogP contribution < -0.4 is 15.4 Å². The van der Waals surface area contributed by atoms with Crippen molar-refractivity contribution in [3.05, 3.63) is 59.4 Å². The summed E-state index contributed by atoms with van der Waals surface area (Å²) in [5.41, 5.74) is 2.58. The van der Waals surface area contributed by atoms with Crippen molar-refractivity contribution in [2.24, 2.45) is 0 Å². The van der Waals surface area contributed by atoms with Gasteiger partial charge in [-0.15, -0.1) is 11.3 Å². The highest BCUT2D eigenvalue weighted by molar-refractivity contribution is 7.25. The third-order valence-electron chi connectivity index (χ3n) is 3.83. The molecule has 0 saturated heterocycles. The first-order valence-electron chi connectivity index (χ1n) is 7.23. The van der Waals surface area contributed by atoms with Gasteiger partial charge < -0.3 is 4.90 Å². The highest BCUT2D eigenvalue weighted by atomic mass is 32.1. The maximum atomic E-state index is 12.9. The second-order valence-electron chi connectivity index (χ2n) is 5.51. The zero-order valence-electron chi connectivity index (χ0n) is 12.8. The fraction of sp³-hybridized carbons (Fsp3) is 0.118. The van der Waals surface area contributed by atoms with E-state index in [2.05, 4.69) is 9.97 Å². The van der Waals surface area contributed by atoms with Crippen LogP contribution in [0, 0.1) is 0 Å². The Kier molecular flexibility index (Phi) is 3.12. The van der Waals surface area contributed by atoms with Gasteiger partial charge in [0, 0.05) is 14.1 Å². The Morgan fingerprint density at radius 3 is 2.70 bits per heavy atom. The van der Waals surface area contributed by atoms with E-state index >= 15 is 0 Å². The minimum atomic E-state index is -0.0351. The number of pyridine rings is 1. The molecule has 0 aliphatic rings. The number of H-pyrrole nitrogens is 1. The third-order valence-corrected chi connectivity index (χ3v) is 4.95. The van der Waals surface area contributed by atoms with Crippen molar-refractivity contribution in [2.45, 2.75) is 0 Å². The van der Waals surface area contributed by atoms with E-state index in [0.717, 1.165) is 27.0 Å². The average Bonchev–Trinajstić information content (AvgIpc) is 2.95. The molecule has 3 aromatic heterocycles. The minimum Gasteiger partial charge on any atom is -0.372 e. The van der Waals surface area contributed by atoms with Gasteiger partial charge in [-0.05, 0) is 12.1 Å². The van der Waals surface area contributed by atoms with E-state index in [9.17, 15) is 4.79 Å². The van der Waals surface area contributed by atoms with Gasteiger partial charge in [0.15, 0.2) is 12.4 Å². The summed E-state index contributed by atoms with van der Waals surface area (Å²) >= 11 is 1.47. The first-order chi connectivity index (χ1) is 11.2. The Balaban J connectivity index is 2.08. The van der Waals surface area contributed by atoms with Gasteiger partial charge in [0.25, 0.3) is 5.56 Å². The van der Waals surface area contributed by atoms with Crippen molar-refractivity contribution in [3.8, 4) is 5.69 Å². The van der Waals surface area contributed by atoms with Crippen molar-refractivity contribution in [1.82, 2.24) is 9.55 Å². The van der Waals surface area contributed by atoms with Gasteiger partial charge in [0.2, 0.25) is 0 Å². The number of nitrogens with zero attached hydrogens (tertiary/aromatic N) is 3. The van der Waals surface area contributed by atoms with Gasteiger partial charge >= 0.3 is 0 Å². The highest BCUT2D eigenvalue weighted by Gasteiger charge is 2.18. The molecule has 0 fully saturated rings. The number of benzene rings is 1. The van der Waals surface area contributed by atoms with Gasteiger partial charge in [-0.3, -0.25) is 9.36 Å². The maximum Gasteiger partial charge on any atom is 0.275 e. The normalized spacial score (nSPS) is 11.2. The molecule has 0 spiro atoms. The lowest BCUT2D eigenvalue weighted by atomic mass is 10.2. The number of para-hydroxylation sites is 1. The van der Waals surface area contributed by atoms with Crippen LogP contribution in [-0.4, -0.2) is 23.6 Å². The predicted octanol–water partition coefficient (Wildman–Crippen LogP) is 2.48. The SMILES string of the molecule is CN(C)c1c[nH+]cc2sc3c(=O)n(-c4ccccc4)cnc3c12. The van der Waals surface area contributed by atoms with Crippen molar-refractivity contribution in [3.63, 3.8) is 0 Å². The minimum absolute atomic E-state index is 0.0351. The Morgan fingerprint density at radius 1 is 1.17 bits per heavy atom. The summed E-state index contributed by atoms with van der Waals surface area (Å²) < 4.78 is 3.30. The van der Waals surface area contributed by atoms with Gasteiger partial charge in [-0.2, -0.15) is 0 Å². The molecular formula is C17H15N4OS+. The topological polar surface area (TPSA) is 52.3 Å². The summed E-state index contributed by atoms with van der Waals surface area (Å²) in [6.07, 6.45) is 5.46. The van der Waals surface area contributed by atoms with E-state index < -0.39 is 0 Å². The summed E-state index contributed by atoms with van der Waals surface area (Å²) in [5.74, 6) is 0. The molecule has 5 nitrogen and oxygen atoms in total. The molecular weight excluding hydrogens is 308 g/mol. The number of thiophene rings is 1. The highest BCUT2D eigenvalue weighted by Crippen LogP contribution is 2.35. The number of rotatable bonds is 2. The van der Waals surface area contributed by atoms with Crippen LogP contribution in [0.4, 0.5) is 5.69 Å². The average molecular weight is 323 g/mol. The van der Waals surface area contributed by atoms with E-state index in [4.69, 9.17) is 0 Å². The van der Waals surface area contributed by atoms with Crippen molar-refractivity contribution >= 4 is 37.3 Å². The van der Waals surface area contributed by atoms with Crippen molar-refractivity contribution in [2.75, 3.05) is 19.0 Å². The Bertz CT molecular complexity index is 1070. The fourth-order valence-electron chi connectivity index (χ4n) is 2.73. The monoisotopic (exact) mass is 323 g/mol. The van der Waals surface area contributed by atoms with E-state index in [1.807, 2.05) is 61.7 Å². The third kappa shape index (κ3) is 2.10. The van der Waals surface area contributed by atoms with E-state index in [0.29, 0.717) is 4.70 Å². The number of anilines is 1. The number of hydrogen-bond acceptors (Lipinski definition) is 4. The second kappa shape index (κ2) is 5.17. The zero-order valence-corrected chi connectivity index (χ0v) is 13.6. The molecule has 4 rings (SSSR count). The summed E-state index contributed by atoms with van der Waals surface area (Å²) in [6, 6.07) is 9.56. The van der Waals surface area contributed by atoms with Crippen LogP contribution in [0.15, 0.2) is 53.8 Å². The quantitative estimate of drug-likeness (QED) is 0.569. The molecule has 0 saturated carbocycles. The summed E-state index contributed by atoms with van der Waals surface area (Å²) in [5, 5.41) is 1.02. The molecule has 1 aromatic carbocycles. The van der Waals surface area contributed by atoms with Crippen LogP contribution in [0.5, 0.6) is 0 Å². The summed E-state index contributed by atoms with van der Waals surface area (Å²) in [4.78, 5) is 22.6. The lowest BCUT2D eigenvalue weighted by Gasteiger charge is -2.10. The van der Waals surface area contributed by atoms with Gasteiger partial charge in [-0.1, -0.05) is 18.2 Å². The largest absolute Gasteiger partial charge is 0.372 e. The molecule has 0 aliphatic heterocycles. The van der Waals surface area contributed by atoms with Crippen LogP contribution in [0.3, 0.4) is 0 Å². The first kappa shape index (κ1) is 13.9. The number of aromatic nitrogens is 3. The molecule has 0 unspecified atom stereocenters. The molecule has 114 valence electrons. The smallest absolute Gasteiger partial charge is 0.275 e. The number of fused-ring (bicyclic) bond motifs is 3. The molecule has 0 atom stereocenters. The summed E-state index contributed by atoms with van der Waals surface area (Å²) in [7, 11) is 3.97. The molecule has 0 bridgehead atoms. The lowest BCUT2D eigenvalue weighted by Crippen LogP contribution is -2.17. The second-order valence-corrected chi connectivity index (χ2v) is 6.56. The molecule has 0 radical (unpaired) electrons. The van der Waals surface area contributed by atoms with E-state index in [-0.39, 0.29) is 5.56 Å². The molecule has 6 heteroatoms. The van der Waals surface area contributed by atoms with Crippen LogP contribution in [0.2, 0.25) is 0 Å². The fourth-order valence-corrected chi connectivity index (χ4v) is 3.82. The molecule has 0 amide bonds. The number of aromatic amines is 1. The first-order valence-corrected chi connectivity index (χ1v) is 8.05. The van der Waals surface area contributed by atoms with Crippen LogP contribution in [-0.2, 0) is 0 Å². The molecule has 3 heterocycles. The van der Waals surface area contributed by atoms with Crippen LogP contribution >= 0.6 is 11.3 Å². The standard InChI is InChI=1S/C17H14N4OS/c1-20(2)12-8-18-9-13-14(12)15-16(23-13)17(22)21(10-19-15)11-6-4-3-5-7-11/h3-10H,1-2H3/p+1. The maximum absolute atomic E-state index is 12.9. The van der Waals surface area contributed by atoms with Crippen molar-refractivity contribution in [1.29, 1.82) is 0 Å². The number of hydrogen-bond donors (Lipinski definition) is 0. The van der Waals surface area contributed by atoms with E-state index in [1.165, 1.54) is 11.3 Å². The number of nitrogens with one attached hydrogen (secondary N) is 1. The lowest BCUT2D eigenvalue weighted by molar-refractivity contribution is -0.374. The zero-order chi connectivity index (χ0) is 16.0. The Labute approximate surface area is 136 Å². The predicted molar refractivity (Wildman–Crippen MR) is 93.6 cm³/mol. The van der Waals surface area contributed by atoms with E-state index in [1.54, 1.807) is 10.9 Å². The molecule has 1 N–H and O–H groups in total. The van der Waals surface area contributed by atoms with Gasteiger partial charge in [-0.25, -0.2) is 9.97 Å². The Hall–Kier alpha value is -2.73. The summed E-state index contributed by atoms with van der Waals surface area (Å²) in [6.45, 7) is 0. The van der Waals surface area contributed by atoms with Crippen LogP contribution in [0.1, 0.15) is 0 Å². The molecule has 4 aromatic rings. The van der Waals surface area contributed by atoms with Gasteiger partial charge in [0.05, 0.1) is 16.6 Å². The molecule has 0 aliphatic carbocycles. The Morgan fingerprint density at radius 2 is 1.96 bits per heavy atom. The van der Waals surface area contributed by atoms with Crippen LogP contribution in [0.25, 0.3) is 26.0 Å². The van der Waals surface area contributed by atoms with Gasteiger partial charge in [0.1, 0.15) is 21.4 Å². The molecule has 23 heavy (non-hydrogen) atoms. The van der Waals surface area contributed by atoms with Crippen molar-refractivity contribution < 1.29 is 4.98 Å².